The first kappa shape index (κ1) is 7.80. The van der Waals surface area contributed by atoms with E-state index >= 15 is 0 Å². The molecular formula is C9H13NO2. The molecule has 3 heteroatoms. The van der Waals surface area contributed by atoms with E-state index in [4.69, 9.17) is 4.84 Å². The number of carbonyl (C=O) groups excluding carboxylic acids is 1. The third-order valence-electron chi connectivity index (χ3n) is 2.40. The summed E-state index contributed by atoms with van der Waals surface area (Å²) in [5.74, 6) is 0.0104. The molecular weight excluding hydrogens is 154 g/mol. The van der Waals surface area contributed by atoms with E-state index in [1.54, 1.807) is 6.92 Å². The predicted octanol–water partition coefficient (Wildman–Crippen LogP) is 1.26. The largest absolute Gasteiger partial charge is 0.273 e. The van der Waals surface area contributed by atoms with Gasteiger partial charge in [-0.05, 0) is 19.3 Å². The number of nitrogens with zero attached hydrogens (tertiary/aromatic N) is 1. The van der Waals surface area contributed by atoms with Crippen LogP contribution < -0.4 is 0 Å². The fourth-order valence-corrected chi connectivity index (χ4v) is 1.79. The minimum atomic E-state index is 0.0104. The van der Waals surface area contributed by atoms with Crippen molar-refractivity contribution in [1.29, 1.82) is 0 Å². The molecule has 3 rings (SSSR count). The van der Waals surface area contributed by atoms with Gasteiger partial charge >= 0.3 is 0 Å². The van der Waals surface area contributed by atoms with E-state index < -0.39 is 0 Å². The van der Waals surface area contributed by atoms with Gasteiger partial charge in [-0.15, -0.1) is 0 Å². The molecule has 2 bridgehead atoms. The molecule has 0 aromatic carbocycles. The van der Waals surface area contributed by atoms with Gasteiger partial charge in [0.25, 0.3) is 0 Å². The summed E-state index contributed by atoms with van der Waals surface area (Å²) in [6.07, 6.45) is 7.50. The van der Waals surface area contributed by atoms with Gasteiger partial charge in [0.2, 0.25) is 5.91 Å². The van der Waals surface area contributed by atoms with Crippen LogP contribution in [-0.4, -0.2) is 23.1 Å². The molecule has 12 heavy (non-hydrogen) atoms. The van der Waals surface area contributed by atoms with Crippen LogP contribution in [0.2, 0.25) is 0 Å². The quantitative estimate of drug-likeness (QED) is 0.508. The number of hydrogen-bond acceptors (Lipinski definition) is 2. The van der Waals surface area contributed by atoms with Crippen molar-refractivity contribution in [1.82, 2.24) is 5.06 Å². The highest BCUT2D eigenvalue weighted by atomic mass is 16.7. The highest BCUT2D eigenvalue weighted by Gasteiger charge is 2.29. The van der Waals surface area contributed by atoms with Crippen molar-refractivity contribution in [2.75, 3.05) is 0 Å². The molecule has 1 fully saturated rings. The Morgan fingerprint density at radius 1 is 1.50 bits per heavy atom. The number of fused-ring (bicyclic) bond motifs is 3. The average molecular weight is 167 g/mol. The van der Waals surface area contributed by atoms with Gasteiger partial charge in [0.1, 0.15) is 6.10 Å². The number of amides is 1. The zero-order valence-corrected chi connectivity index (χ0v) is 7.19. The summed E-state index contributed by atoms with van der Waals surface area (Å²) in [6.45, 7) is 1.55. The Hall–Kier alpha value is -0.830. The van der Waals surface area contributed by atoms with E-state index in [1.807, 2.05) is 0 Å². The lowest BCUT2D eigenvalue weighted by molar-refractivity contribution is -0.206. The molecule has 2 aliphatic heterocycles. The first-order valence-electron chi connectivity index (χ1n) is 4.42. The summed E-state index contributed by atoms with van der Waals surface area (Å²) >= 11 is 0. The summed E-state index contributed by atoms with van der Waals surface area (Å²) in [4.78, 5) is 16.6. The molecule has 2 atom stereocenters. The van der Waals surface area contributed by atoms with Gasteiger partial charge in [-0.3, -0.25) is 9.63 Å². The van der Waals surface area contributed by atoms with Crippen LogP contribution in [-0.2, 0) is 9.63 Å². The molecule has 66 valence electrons. The van der Waals surface area contributed by atoms with E-state index in [0.717, 1.165) is 19.3 Å². The highest BCUT2D eigenvalue weighted by molar-refractivity contribution is 5.72. The number of rotatable bonds is 0. The monoisotopic (exact) mass is 167 g/mol. The van der Waals surface area contributed by atoms with Crippen LogP contribution in [0, 0.1) is 0 Å². The van der Waals surface area contributed by atoms with Crippen molar-refractivity contribution in [3.8, 4) is 0 Å². The van der Waals surface area contributed by atoms with E-state index in [-0.39, 0.29) is 18.1 Å². The zero-order valence-electron chi connectivity index (χ0n) is 7.19. The number of carbonyl (C=O) groups is 1. The second-order valence-corrected chi connectivity index (χ2v) is 3.37. The van der Waals surface area contributed by atoms with Gasteiger partial charge in [-0.2, -0.15) is 0 Å². The van der Waals surface area contributed by atoms with Crippen molar-refractivity contribution in [2.45, 2.75) is 38.3 Å². The van der Waals surface area contributed by atoms with Crippen LogP contribution in [0.1, 0.15) is 26.2 Å². The van der Waals surface area contributed by atoms with E-state index in [1.165, 1.54) is 5.06 Å². The molecule has 1 aliphatic carbocycles. The second-order valence-electron chi connectivity index (χ2n) is 3.37. The van der Waals surface area contributed by atoms with Crippen molar-refractivity contribution < 1.29 is 9.63 Å². The maximum Gasteiger partial charge on any atom is 0.243 e. The molecule has 1 amide bonds. The molecule has 3 nitrogen and oxygen atoms in total. The van der Waals surface area contributed by atoms with Crippen LogP contribution in [0.15, 0.2) is 12.2 Å². The zero-order chi connectivity index (χ0) is 8.55. The minimum absolute atomic E-state index is 0.0104. The van der Waals surface area contributed by atoms with Crippen LogP contribution in [0.5, 0.6) is 0 Å². The predicted molar refractivity (Wildman–Crippen MR) is 44.2 cm³/mol. The van der Waals surface area contributed by atoms with Crippen LogP contribution in [0.3, 0.4) is 0 Å². The summed E-state index contributed by atoms with van der Waals surface area (Å²) < 4.78 is 0. The van der Waals surface area contributed by atoms with Crippen molar-refractivity contribution >= 4 is 5.91 Å². The molecule has 0 radical (unpaired) electrons. The van der Waals surface area contributed by atoms with Crippen LogP contribution >= 0.6 is 0 Å². The lowest BCUT2D eigenvalue weighted by Gasteiger charge is -2.30. The standard InChI is InChI=1S/C9H13NO2/c1-7(11)10-8-3-2-4-9(12-10)6-5-8/h5-6,8-9H,2-4H2,1H3. The third kappa shape index (κ3) is 1.25. The Morgan fingerprint density at radius 3 is 3.08 bits per heavy atom. The molecule has 1 saturated heterocycles. The molecule has 2 heterocycles. The lowest BCUT2D eigenvalue weighted by Crippen LogP contribution is -2.41. The smallest absolute Gasteiger partial charge is 0.243 e. The molecule has 0 N–H and O–H groups in total. The molecule has 2 unspecified atom stereocenters. The first-order chi connectivity index (χ1) is 5.77. The van der Waals surface area contributed by atoms with Gasteiger partial charge in [0, 0.05) is 6.92 Å². The normalized spacial score (nSPS) is 33.6. The first-order valence-corrected chi connectivity index (χ1v) is 4.42. The Morgan fingerprint density at radius 2 is 2.33 bits per heavy atom. The fraction of sp³-hybridized carbons (Fsp3) is 0.667. The van der Waals surface area contributed by atoms with Crippen LogP contribution in [0.25, 0.3) is 0 Å². The maximum absolute atomic E-state index is 11.1. The van der Waals surface area contributed by atoms with Gasteiger partial charge in [0.05, 0.1) is 6.04 Å². The second kappa shape index (κ2) is 2.90. The Kier molecular flexibility index (Phi) is 1.89. The summed E-state index contributed by atoms with van der Waals surface area (Å²) in [5.41, 5.74) is 0. The molecule has 3 aliphatic rings. The summed E-state index contributed by atoms with van der Waals surface area (Å²) in [5, 5.41) is 1.51. The Bertz CT molecular complexity index is 225. The van der Waals surface area contributed by atoms with Gasteiger partial charge < -0.3 is 0 Å². The summed E-state index contributed by atoms with van der Waals surface area (Å²) in [6, 6.07) is 0.182. The molecule has 0 aromatic heterocycles. The maximum atomic E-state index is 11.1. The fourth-order valence-electron chi connectivity index (χ4n) is 1.79. The van der Waals surface area contributed by atoms with Crippen molar-refractivity contribution in [3.63, 3.8) is 0 Å². The van der Waals surface area contributed by atoms with E-state index in [9.17, 15) is 4.79 Å². The van der Waals surface area contributed by atoms with Crippen LogP contribution in [0.4, 0.5) is 0 Å². The van der Waals surface area contributed by atoms with E-state index in [2.05, 4.69) is 12.2 Å². The molecule has 0 saturated carbocycles. The third-order valence-corrected chi connectivity index (χ3v) is 2.40. The Balaban J connectivity index is 2.19. The molecule has 0 spiro atoms. The minimum Gasteiger partial charge on any atom is -0.273 e. The van der Waals surface area contributed by atoms with Crippen molar-refractivity contribution in [2.24, 2.45) is 0 Å². The number of hydrogen-bond donors (Lipinski definition) is 0. The number of hydroxylamine groups is 2. The topological polar surface area (TPSA) is 29.5 Å². The van der Waals surface area contributed by atoms with Gasteiger partial charge in [0.15, 0.2) is 0 Å². The van der Waals surface area contributed by atoms with E-state index in [0.29, 0.717) is 0 Å². The lowest BCUT2D eigenvalue weighted by atomic mass is 10.1. The van der Waals surface area contributed by atoms with Gasteiger partial charge in [-0.25, -0.2) is 5.06 Å². The molecule has 0 aromatic rings. The highest BCUT2D eigenvalue weighted by Crippen LogP contribution is 2.25. The van der Waals surface area contributed by atoms with Crippen molar-refractivity contribution in [3.05, 3.63) is 12.2 Å². The summed E-state index contributed by atoms with van der Waals surface area (Å²) in [7, 11) is 0. The SMILES string of the molecule is CC(=O)N1OC2C=CC1CCC2. The van der Waals surface area contributed by atoms with Gasteiger partial charge in [-0.1, -0.05) is 12.2 Å². The Labute approximate surface area is 71.9 Å². The average Bonchev–Trinajstić information content (AvgIpc) is 2.36.